The number of halogens is 1. The Morgan fingerprint density at radius 1 is 0.964 bits per heavy atom. The lowest BCUT2D eigenvalue weighted by atomic mass is 10.2. The van der Waals surface area contributed by atoms with Crippen LogP contribution in [0.25, 0.3) is 10.2 Å². The number of para-hydroxylation sites is 1. The first-order valence-corrected chi connectivity index (χ1v) is 11.0. The zero-order valence-corrected chi connectivity index (χ0v) is 17.3. The summed E-state index contributed by atoms with van der Waals surface area (Å²) in [6.07, 6.45) is 0. The van der Waals surface area contributed by atoms with Crippen LogP contribution in [0.1, 0.15) is 5.56 Å². The average Bonchev–Trinajstić information content (AvgIpc) is 3.17. The lowest BCUT2D eigenvalue weighted by molar-refractivity contribution is -0.116. The zero-order chi connectivity index (χ0) is 19.3. The van der Waals surface area contributed by atoms with E-state index in [2.05, 4.69) is 4.98 Å². The Bertz CT molecular complexity index is 1080. The van der Waals surface area contributed by atoms with E-state index in [0.717, 1.165) is 20.7 Å². The SMILES string of the molecule is O=C(CSc1ccccc1)N(Cc1ccccc1)c1nc2c(Cl)cccc2s1. The maximum absolute atomic E-state index is 13.1. The Labute approximate surface area is 177 Å². The van der Waals surface area contributed by atoms with Crippen molar-refractivity contribution in [2.24, 2.45) is 0 Å². The fourth-order valence-electron chi connectivity index (χ4n) is 2.79. The van der Waals surface area contributed by atoms with Gasteiger partial charge in [-0.05, 0) is 29.8 Å². The van der Waals surface area contributed by atoms with Crippen LogP contribution < -0.4 is 4.90 Å². The number of carbonyl (C=O) groups is 1. The molecule has 3 aromatic carbocycles. The fourth-order valence-corrected chi connectivity index (χ4v) is 4.86. The monoisotopic (exact) mass is 424 g/mol. The molecule has 0 saturated carbocycles. The number of aromatic nitrogens is 1. The first kappa shape index (κ1) is 19.0. The molecule has 0 radical (unpaired) electrons. The van der Waals surface area contributed by atoms with E-state index in [0.29, 0.717) is 22.5 Å². The fraction of sp³-hybridized carbons (Fsp3) is 0.0909. The molecule has 0 bridgehead atoms. The van der Waals surface area contributed by atoms with E-state index in [1.165, 1.54) is 23.1 Å². The molecule has 3 nitrogen and oxygen atoms in total. The number of carbonyl (C=O) groups excluding carboxylic acids is 1. The smallest absolute Gasteiger partial charge is 0.239 e. The summed E-state index contributed by atoms with van der Waals surface area (Å²) in [5.41, 5.74) is 1.80. The topological polar surface area (TPSA) is 33.2 Å². The van der Waals surface area contributed by atoms with Crippen LogP contribution >= 0.6 is 34.7 Å². The van der Waals surface area contributed by atoms with Crippen molar-refractivity contribution in [3.8, 4) is 0 Å². The van der Waals surface area contributed by atoms with E-state index >= 15 is 0 Å². The van der Waals surface area contributed by atoms with Gasteiger partial charge in [0.15, 0.2) is 5.13 Å². The molecule has 1 heterocycles. The number of hydrogen-bond donors (Lipinski definition) is 0. The number of nitrogens with zero attached hydrogens (tertiary/aromatic N) is 2. The minimum Gasteiger partial charge on any atom is -0.283 e. The van der Waals surface area contributed by atoms with Crippen molar-refractivity contribution in [1.29, 1.82) is 0 Å². The van der Waals surface area contributed by atoms with Crippen molar-refractivity contribution in [1.82, 2.24) is 4.98 Å². The highest BCUT2D eigenvalue weighted by molar-refractivity contribution is 8.00. The Balaban J connectivity index is 1.62. The number of amides is 1. The highest BCUT2D eigenvalue weighted by Crippen LogP contribution is 2.34. The van der Waals surface area contributed by atoms with E-state index in [1.807, 2.05) is 78.9 Å². The van der Waals surface area contributed by atoms with Crippen molar-refractivity contribution < 1.29 is 4.79 Å². The highest BCUT2D eigenvalue weighted by atomic mass is 35.5. The summed E-state index contributed by atoms with van der Waals surface area (Å²) in [4.78, 5) is 20.6. The largest absolute Gasteiger partial charge is 0.283 e. The molecule has 4 aromatic rings. The Kier molecular flexibility index (Phi) is 5.95. The number of thioether (sulfide) groups is 1. The number of anilines is 1. The van der Waals surface area contributed by atoms with Gasteiger partial charge in [-0.2, -0.15) is 0 Å². The lowest BCUT2D eigenvalue weighted by Gasteiger charge is -2.20. The third-order valence-corrected chi connectivity index (χ3v) is 6.52. The summed E-state index contributed by atoms with van der Waals surface area (Å²) in [5.74, 6) is 0.369. The van der Waals surface area contributed by atoms with Crippen molar-refractivity contribution in [3.05, 3.63) is 89.4 Å². The van der Waals surface area contributed by atoms with Gasteiger partial charge in [-0.1, -0.05) is 77.5 Å². The number of thiazole rings is 1. The van der Waals surface area contributed by atoms with Gasteiger partial charge in [0.2, 0.25) is 5.91 Å². The van der Waals surface area contributed by atoms with Crippen molar-refractivity contribution in [3.63, 3.8) is 0 Å². The first-order chi connectivity index (χ1) is 13.7. The summed E-state index contributed by atoms with van der Waals surface area (Å²) < 4.78 is 0.976. The molecule has 0 aliphatic carbocycles. The molecule has 0 saturated heterocycles. The second-order valence-electron chi connectivity index (χ2n) is 6.15. The van der Waals surface area contributed by atoms with Gasteiger partial charge in [0.05, 0.1) is 22.0 Å². The van der Waals surface area contributed by atoms with Crippen molar-refractivity contribution in [2.45, 2.75) is 11.4 Å². The normalized spacial score (nSPS) is 10.9. The maximum atomic E-state index is 13.1. The van der Waals surface area contributed by atoms with E-state index in [-0.39, 0.29) is 5.91 Å². The molecule has 0 aliphatic rings. The molecule has 4 rings (SSSR count). The lowest BCUT2D eigenvalue weighted by Crippen LogP contribution is -2.31. The second-order valence-corrected chi connectivity index (χ2v) is 8.62. The Hall–Kier alpha value is -2.34. The molecule has 0 unspecified atom stereocenters. The molecule has 140 valence electrons. The molecule has 1 amide bonds. The summed E-state index contributed by atoms with van der Waals surface area (Å²) in [6.45, 7) is 0.479. The minimum absolute atomic E-state index is 0.0212. The second kappa shape index (κ2) is 8.78. The summed E-state index contributed by atoms with van der Waals surface area (Å²) in [7, 11) is 0. The van der Waals surface area contributed by atoms with Gasteiger partial charge in [-0.3, -0.25) is 9.69 Å². The molecule has 0 spiro atoms. The summed E-state index contributed by atoms with van der Waals surface area (Å²) in [6, 6.07) is 25.6. The van der Waals surface area contributed by atoms with E-state index in [9.17, 15) is 4.79 Å². The molecule has 1 aromatic heterocycles. The number of benzene rings is 3. The van der Waals surface area contributed by atoms with Crippen molar-refractivity contribution in [2.75, 3.05) is 10.7 Å². The van der Waals surface area contributed by atoms with Crippen LogP contribution in [-0.2, 0) is 11.3 Å². The van der Waals surface area contributed by atoms with Crippen molar-refractivity contribution >= 4 is 56.0 Å². The van der Waals surface area contributed by atoms with Gasteiger partial charge in [0.25, 0.3) is 0 Å². The molecule has 0 fully saturated rings. The van der Waals surface area contributed by atoms with Crippen LogP contribution in [0.4, 0.5) is 5.13 Å². The van der Waals surface area contributed by atoms with Gasteiger partial charge in [0, 0.05) is 4.90 Å². The standard InChI is InChI=1S/C22H17ClN2OS2/c23-18-12-7-13-19-21(18)24-22(28-19)25(14-16-8-3-1-4-9-16)20(26)15-27-17-10-5-2-6-11-17/h1-13H,14-15H2. The number of hydrogen-bond acceptors (Lipinski definition) is 4. The summed E-state index contributed by atoms with van der Waals surface area (Å²) in [5, 5.41) is 1.27. The predicted octanol–water partition coefficient (Wildman–Crippen LogP) is 6.28. The van der Waals surface area contributed by atoms with Crippen LogP contribution in [0.5, 0.6) is 0 Å². The third-order valence-electron chi connectivity index (χ3n) is 4.18. The van der Waals surface area contributed by atoms with Crippen LogP contribution in [0, 0.1) is 0 Å². The van der Waals surface area contributed by atoms with Gasteiger partial charge in [0.1, 0.15) is 5.52 Å². The van der Waals surface area contributed by atoms with Crippen LogP contribution in [0.2, 0.25) is 5.02 Å². The molecular weight excluding hydrogens is 408 g/mol. The van der Waals surface area contributed by atoms with Gasteiger partial charge >= 0.3 is 0 Å². The summed E-state index contributed by atoms with van der Waals surface area (Å²) >= 11 is 9.31. The molecule has 28 heavy (non-hydrogen) atoms. The van der Waals surface area contributed by atoms with Crippen LogP contribution in [-0.4, -0.2) is 16.6 Å². The molecule has 0 N–H and O–H groups in total. The van der Waals surface area contributed by atoms with E-state index in [1.54, 1.807) is 4.90 Å². The first-order valence-electron chi connectivity index (χ1n) is 8.78. The predicted molar refractivity (Wildman–Crippen MR) is 119 cm³/mol. The van der Waals surface area contributed by atoms with Gasteiger partial charge < -0.3 is 0 Å². The minimum atomic E-state index is 0.0212. The molecular formula is C22H17ClN2OS2. The van der Waals surface area contributed by atoms with Gasteiger partial charge in [-0.15, -0.1) is 11.8 Å². The van der Waals surface area contributed by atoms with E-state index < -0.39 is 0 Å². The number of rotatable bonds is 6. The van der Waals surface area contributed by atoms with Crippen LogP contribution in [0.3, 0.4) is 0 Å². The van der Waals surface area contributed by atoms with Crippen LogP contribution in [0.15, 0.2) is 83.8 Å². The highest BCUT2D eigenvalue weighted by Gasteiger charge is 2.21. The van der Waals surface area contributed by atoms with E-state index in [4.69, 9.17) is 11.6 Å². The molecule has 0 atom stereocenters. The Morgan fingerprint density at radius 2 is 1.68 bits per heavy atom. The quantitative estimate of drug-likeness (QED) is 0.342. The van der Waals surface area contributed by atoms with Gasteiger partial charge in [-0.25, -0.2) is 4.98 Å². The molecule has 0 aliphatic heterocycles. The average molecular weight is 425 g/mol. The third kappa shape index (κ3) is 4.38. The zero-order valence-electron chi connectivity index (χ0n) is 14.9. The number of fused-ring (bicyclic) bond motifs is 1. The maximum Gasteiger partial charge on any atom is 0.239 e. The molecule has 6 heteroatoms. The Morgan fingerprint density at radius 3 is 2.39 bits per heavy atom.